The highest BCUT2D eigenvalue weighted by Gasteiger charge is 2.37. The Morgan fingerprint density at radius 3 is 2.69 bits per heavy atom. The molecule has 5 rings (SSSR count). The molecule has 0 aliphatic carbocycles. The summed E-state index contributed by atoms with van der Waals surface area (Å²) in [5, 5.41) is 23.1. The van der Waals surface area contributed by atoms with Gasteiger partial charge in [-0.3, -0.25) is 0 Å². The molecule has 2 aliphatic heterocycles. The van der Waals surface area contributed by atoms with Gasteiger partial charge in [-0.2, -0.15) is 0 Å². The van der Waals surface area contributed by atoms with Crippen molar-refractivity contribution in [2.24, 2.45) is 0 Å². The highest BCUT2D eigenvalue weighted by atomic mass is 16.5. The zero-order chi connectivity index (χ0) is 22.1. The van der Waals surface area contributed by atoms with E-state index in [2.05, 4.69) is 37.3 Å². The molecule has 1 atom stereocenters. The zero-order valence-electron chi connectivity index (χ0n) is 18.2. The van der Waals surface area contributed by atoms with E-state index in [1.807, 2.05) is 24.3 Å². The summed E-state index contributed by atoms with van der Waals surface area (Å²) in [6.45, 7) is 5.63. The molecule has 4 heterocycles. The maximum Gasteiger partial charge on any atom is 0.216 e. The Hall–Kier alpha value is -3.30. The number of nitrogens with one attached hydrogen (secondary N) is 1. The van der Waals surface area contributed by atoms with Crippen LogP contribution in [0.3, 0.4) is 0 Å². The maximum atomic E-state index is 10.6. The minimum absolute atomic E-state index is 0.0482. The summed E-state index contributed by atoms with van der Waals surface area (Å²) >= 11 is 0. The molecule has 166 valence electrons. The second-order valence-corrected chi connectivity index (χ2v) is 8.57. The lowest BCUT2D eigenvalue weighted by Crippen LogP contribution is -2.57. The first-order valence-corrected chi connectivity index (χ1v) is 10.7. The van der Waals surface area contributed by atoms with Crippen LogP contribution in [0.25, 0.3) is 22.5 Å². The lowest BCUT2D eigenvalue weighted by atomic mass is 9.99. The molecule has 0 unspecified atom stereocenters. The van der Waals surface area contributed by atoms with Crippen LogP contribution >= 0.6 is 0 Å². The molecule has 2 saturated heterocycles. The molecule has 0 saturated carbocycles. The van der Waals surface area contributed by atoms with Crippen molar-refractivity contribution in [3.05, 3.63) is 42.7 Å². The van der Waals surface area contributed by atoms with Gasteiger partial charge in [0.25, 0.3) is 0 Å². The van der Waals surface area contributed by atoms with E-state index in [-0.39, 0.29) is 11.3 Å². The molecule has 32 heavy (non-hydrogen) atoms. The van der Waals surface area contributed by atoms with Crippen LogP contribution in [-0.2, 0) is 4.74 Å². The quantitative estimate of drug-likeness (QED) is 0.604. The van der Waals surface area contributed by atoms with Crippen molar-refractivity contribution in [2.45, 2.75) is 24.9 Å². The fourth-order valence-corrected chi connectivity index (χ4v) is 4.24. The van der Waals surface area contributed by atoms with Gasteiger partial charge < -0.3 is 24.8 Å². The predicted octanol–water partition coefficient (Wildman–Crippen LogP) is 2.27. The van der Waals surface area contributed by atoms with Gasteiger partial charge in [0.2, 0.25) is 5.88 Å². The smallest absolute Gasteiger partial charge is 0.216 e. The van der Waals surface area contributed by atoms with E-state index in [4.69, 9.17) is 9.47 Å². The van der Waals surface area contributed by atoms with Gasteiger partial charge in [-0.25, -0.2) is 9.97 Å². The van der Waals surface area contributed by atoms with Gasteiger partial charge in [-0.05, 0) is 37.6 Å². The fraction of sp³-hybridized carbons (Fsp3) is 0.391. The highest BCUT2D eigenvalue weighted by Crippen LogP contribution is 2.33. The predicted molar refractivity (Wildman–Crippen MR) is 120 cm³/mol. The Morgan fingerprint density at radius 2 is 2.00 bits per heavy atom. The summed E-state index contributed by atoms with van der Waals surface area (Å²) in [5.41, 5.74) is 2.71. The molecule has 0 spiro atoms. The van der Waals surface area contributed by atoms with Crippen molar-refractivity contribution in [1.82, 2.24) is 25.5 Å². The molecule has 2 aromatic heterocycles. The molecule has 1 aromatic carbocycles. The van der Waals surface area contributed by atoms with Crippen LogP contribution in [-0.4, -0.2) is 70.3 Å². The molecule has 9 heteroatoms. The number of methoxy groups -OCH3 is 1. The van der Waals surface area contributed by atoms with Crippen molar-refractivity contribution in [1.29, 1.82) is 0 Å². The Kier molecular flexibility index (Phi) is 5.36. The number of aromatic nitrogens is 4. The first kappa shape index (κ1) is 20.6. The molecule has 0 amide bonds. The number of hydrogen-bond acceptors (Lipinski definition) is 9. The maximum absolute atomic E-state index is 10.6. The van der Waals surface area contributed by atoms with E-state index < -0.39 is 0 Å². The topological polar surface area (TPSA) is 106 Å². The summed E-state index contributed by atoms with van der Waals surface area (Å²) in [7, 11) is 1.55. The number of ether oxygens (including phenoxy) is 2. The van der Waals surface area contributed by atoms with E-state index >= 15 is 0 Å². The van der Waals surface area contributed by atoms with Gasteiger partial charge in [0, 0.05) is 35.8 Å². The van der Waals surface area contributed by atoms with E-state index in [0.717, 1.165) is 44.1 Å². The van der Waals surface area contributed by atoms with E-state index in [1.54, 1.807) is 19.2 Å². The molecule has 9 nitrogen and oxygen atoms in total. The summed E-state index contributed by atoms with van der Waals surface area (Å²) in [4.78, 5) is 10.5. The van der Waals surface area contributed by atoms with Gasteiger partial charge in [0.15, 0.2) is 5.82 Å². The van der Waals surface area contributed by atoms with Crippen LogP contribution in [0.2, 0.25) is 0 Å². The van der Waals surface area contributed by atoms with Crippen LogP contribution in [0.15, 0.2) is 42.7 Å². The average molecular weight is 435 g/mol. The third-order valence-electron chi connectivity index (χ3n) is 6.06. The van der Waals surface area contributed by atoms with Crippen molar-refractivity contribution in [2.75, 3.05) is 38.3 Å². The number of phenolic OH excluding ortho intramolecular Hbond substituents is 1. The third-order valence-corrected chi connectivity index (χ3v) is 6.06. The zero-order valence-corrected chi connectivity index (χ0v) is 18.2. The first-order chi connectivity index (χ1) is 15.5. The number of aromatic hydroxyl groups is 1. The number of nitrogens with zero attached hydrogens (tertiary/aromatic N) is 5. The molecule has 2 aliphatic rings. The van der Waals surface area contributed by atoms with Crippen molar-refractivity contribution in [3.63, 3.8) is 0 Å². The number of phenols is 1. The summed E-state index contributed by atoms with van der Waals surface area (Å²) in [6, 6.07) is 11.4. The van der Waals surface area contributed by atoms with Crippen LogP contribution in [0.1, 0.15) is 13.3 Å². The number of rotatable bonds is 6. The SMILES string of the molecule is COc1cc(-c2ccc(-c3ccc(N4CC[C@](C)(NC5COC5)C4)nn3)c(O)c2)ncn1. The molecular formula is C23H26N6O3. The van der Waals surface area contributed by atoms with Gasteiger partial charge in [0.1, 0.15) is 12.1 Å². The molecule has 2 fully saturated rings. The van der Waals surface area contributed by atoms with E-state index in [0.29, 0.717) is 28.9 Å². The van der Waals surface area contributed by atoms with Crippen molar-refractivity contribution in [3.8, 4) is 34.1 Å². The summed E-state index contributed by atoms with van der Waals surface area (Å²) in [6.07, 6.45) is 2.48. The Bertz CT molecular complexity index is 1110. The Balaban J connectivity index is 1.30. The monoisotopic (exact) mass is 434 g/mol. The fourth-order valence-electron chi connectivity index (χ4n) is 4.24. The highest BCUT2D eigenvalue weighted by molar-refractivity contribution is 5.73. The molecular weight excluding hydrogens is 408 g/mol. The minimum Gasteiger partial charge on any atom is -0.507 e. The first-order valence-electron chi connectivity index (χ1n) is 10.7. The largest absolute Gasteiger partial charge is 0.507 e. The second kappa shape index (κ2) is 8.33. The lowest BCUT2D eigenvalue weighted by Gasteiger charge is -2.36. The van der Waals surface area contributed by atoms with Gasteiger partial charge in [-0.15, -0.1) is 10.2 Å². The number of benzene rings is 1. The van der Waals surface area contributed by atoms with Crippen molar-refractivity contribution >= 4 is 5.82 Å². The van der Waals surface area contributed by atoms with Gasteiger partial charge >= 0.3 is 0 Å². The molecule has 3 aromatic rings. The van der Waals surface area contributed by atoms with Crippen LogP contribution in [0.4, 0.5) is 5.82 Å². The molecule has 2 N–H and O–H groups in total. The van der Waals surface area contributed by atoms with E-state index in [9.17, 15) is 5.11 Å². The van der Waals surface area contributed by atoms with Crippen LogP contribution in [0.5, 0.6) is 11.6 Å². The van der Waals surface area contributed by atoms with Crippen LogP contribution in [0, 0.1) is 0 Å². The van der Waals surface area contributed by atoms with Gasteiger partial charge in [0.05, 0.1) is 37.8 Å². The lowest BCUT2D eigenvalue weighted by molar-refractivity contribution is -0.0162. The Labute approximate surface area is 186 Å². The standard InChI is InChI=1S/C23H26N6O3/c1-23(26-16-11-32-12-16)7-8-29(13-23)21-6-5-18(27-28-21)17-4-3-15(9-20(17)30)19-10-22(31-2)25-14-24-19/h3-6,9-10,14,16,26,30H,7-8,11-13H2,1-2H3/t23-/m0/s1. The second-order valence-electron chi connectivity index (χ2n) is 8.57. The number of hydrogen-bond donors (Lipinski definition) is 2. The average Bonchev–Trinajstić information content (AvgIpc) is 3.19. The molecule has 0 bridgehead atoms. The minimum atomic E-state index is 0.0482. The molecule has 0 radical (unpaired) electrons. The third kappa shape index (κ3) is 4.09. The summed E-state index contributed by atoms with van der Waals surface area (Å²) < 4.78 is 10.4. The van der Waals surface area contributed by atoms with Gasteiger partial charge in [-0.1, -0.05) is 6.07 Å². The Morgan fingerprint density at radius 1 is 1.12 bits per heavy atom. The normalized spacial score (nSPS) is 20.9. The van der Waals surface area contributed by atoms with E-state index in [1.165, 1.54) is 6.33 Å². The van der Waals surface area contributed by atoms with Crippen molar-refractivity contribution < 1.29 is 14.6 Å². The van der Waals surface area contributed by atoms with Crippen LogP contribution < -0.4 is 15.0 Å². The summed E-state index contributed by atoms with van der Waals surface area (Å²) in [5.74, 6) is 1.42. The number of anilines is 1.